The molecule has 1 aromatic carbocycles. The van der Waals surface area contributed by atoms with Crippen LogP contribution in [0.25, 0.3) is 0 Å². The molecule has 72 valence electrons. The van der Waals surface area contributed by atoms with Gasteiger partial charge in [0.2, 0.25) is 0 Å². The van der Waals surface area contributed by atoms with E-state index in [0.29, 0.717) is 10.9 Å². The fraction of sp³-hybridized carbons (Fsp3) is 0.250. The Kier molecular flexibility index (Phi) is 3.59. The molecule has 5 heteroatoms. The van der Waals surface area contributed by atoms with Crippen LogP contribution in [-0.4, -0.2) is 6.61 Å². The molecule has 0 unspecified atom stereocenters. The van der Waals surface area contributed by atoms with E-state index in [1.165, 1.54) is 12.1 Å². The maximum absolute atomic E-state index is 12.7. The van der Waals surface area contributed by atoms with E-state index in [9.17, 15) is 13.2 Å². The maximum atomic E-state index is 12.7. The summed E-state index contributed by atoms with van der Waals surface area (Å²) in [4.78, 5) is 0. The van der Waals surface area contributed by atoms with Crippen molar-refractivity contribution in [1.82, 2.24) is 0 Å². The van der Waals surface area contributed by atoms with E-state index in [0.717, 1.165) is 6.07 Å². The molecule has 0 aliphatic heterocycles. The predicted molar refractivity (Wildman–Crippen MR) is 45.7 cm³/mol. The summed E-state index contributed by atoms with van der Waals surface area (Å²) in [6.45, 7) is -2.93. The third kappa shape index (κ3) is 3.26. The van der Waals surface area contributed by atoms with E-state index in [4.69, 9.17) is 0 Å². The van der Waals surface area contributed by atoms with E-state index in [-0.39, 0.29) is 5.75 Å². The highest BCUT2D eigenvalue weighted by atomic mass is 79.9. The number of ether oxygens (including phenoxy) is 1. The first kappa shape index (κ1) is 10.4. The van der Waals surface area contributed by atoms with Gasteiger partial charge in [-0.3, -0.25) is 0 Å². The Bertz CT molecular complexity index is 291. The van der Waals surface area contributed by atoms with Gasteiger partial charge in [0.15, 0.2) is 0 Å². The van der Waals surface area contributed by atoms with Crippen molar-refractivity contribution in [3.63, 3.8) is 0 Å². The van der Waals surface area contributed by atoms with Crippen molar-refractivity contribution in [2.24, 2.45) is 0 Å². The molecule has 0 aromatic heterocycles. The summed E-state index contributed by atoms with van der Waals surface area (Å²) in [7, 11) is 0. The smallest absolute Gasteiger partial charge is 0.387 e. The van der Waals surface area contributed by atoms with Crippen LogP contribution in [0, 0.1) is 5.82 Å². The zero-order valence-electron chi connectivity index (χ0n) is 6.44. The van der Waals surface area contributed by atoms with Crippen LogP contribution in [0.15, 0.2) is 18.2 Å². The van der Waals surface area contributed by atoms with Gasteiger partial charge in [0.05, 0.1) is 0 Å². The summed E-state index contributed by atoms with van der Waals surface area (Å²) in [6, 6.07) is 3.51. The minimum atomic E-state index is -2.93. The van der Waals surface area contributed by atoms with Gasteiger partial charge in [-0.05, 0) is 17.7 Å². The lowest BCUT2D eigenvalue weighted by Gasteiger charge is -2.05. The first-order valence-corrected chi connectivity index (χ1v) is 4.54. The van der Waals surface area contributed by atoms with E-state index < -0.39 is 12.4 Å². The molecule has 0 saturated carbocycles. The summed E-state index contributed by atoms with van der Waals surface area (Å²) in [6.07, 6.45) is 0. The van der Waals surface area contributed by atoms with Crippen molar-refractivity contribution in [1.29, 1.82) is 0 Å². The molecule has 0 aliphatic carbocycles. The van der Waals surface area contributed by atoms with Crippen molar-refractivity contribution in [3.05, 3.63) is 29.6 Å². The second kappa shape index (κ2) is 4.50. The van der Waals surface area contributed by atoms with Gasteiger partial charge in [0.1, 0.15) is 11.6 Å². The second-order valence-corrected chi connectivity index (χ2v) is 2.87. The molecule has 0 bridgehead atoms. The highest BCUT2D eigenvalue weighted by Gasteiger charge is 2.06. The molecule has 0 amide bonds. The Morgan fingerprint density at radius 3 is 2.54 bits per heavy atom. The summed E-state index contributed by atoms with van der Waals surface area (Å²) in [5.74, 6) is -0.753. The van der Waals surface area contributed by atoms with Crippen LogP contribution < -0.4 is 4.74 Å². The van der Waals surface area contributed by atoms with Gasteiger partial charge in [0, 0.05) is 11.4 Å². The molecular formula is C8H6BrF3O. The quantitative estimate of drug-likeness (QED) is 0.753. The number of alkyl halides is 3. The molecule has 1 rings (SSSR count). The van der Waals surface area contributed by atoms with Gasteiger partial charge in [-0.25, -0.2) is 4.39 Å². The molecule has 0 atom stereocenters. The Hall–Kier alpha value is -0.710. The van der Waals surface area contributed by atoms with Crippen LogP contribution in [0.4, 0.5) is 13.2 Å². The molecule has 0 N–H and O–H groups in total. The molecule has 0 aliphatic rings. The monoisotopic (exact) mass is 254 g/mol. The topological polar surface area (TPSA) is 9.23 Å². The Morgan fingerprint density at radius 1 is 1.31 bits per heavy atom. The summed E-state index contributed by atoms with van der Waals surface area (Å²) >= 11 is 3.08. The molecule has 0 spiro atoms. The molecule has 0 radical (unpaired) electrons. The van der Waals surface area contributed by atoms with Gasteiger partial charge in [0.25, 0.3) is 0 Å². The van der Waals surface area contributed by atoms with Gasteiger partial charge < -0.3 is 4.74 Å². The van der Waals surface area contributed by atoms with Gasteiger partial charge in [-0.15, -0.1) is 0 Å². The second-order valence-electron chi connectivity index (χ2n) is 2.31. The number of rotatable bonds is 3. The number of hydrogen-bond donors (Lipinski definition) is 0. The average Bonchev–Trinajstić information content (AvgIpc) is 2.01. The van der Waals surface area contributed by atoms with Crippen molar-refractivity contribution < 1.29 is 17.9 Å². The number of hydrogen-bond acceptors (Lipinski definition) is 1. The minimum Gasteiger partial charge on any atom is -0.435 e. The van der Waals surface area contributed by atoms with Crippen molar-refractivity contribution in [2.75, 3.05) is 0 Å². The lowest BCUT2D eigenvalue weighted by Crippen LogP contribution is -2.02. The van der Waals surface area contributed by atoms with Crippen LogP contribution in [-0.2, 0) is 5.33 Å². The zero-order chi connectivity index (χ0) is 9.84. The van der Waals surface area contributed by atoms with Crippen LogP contribution in [0.2, 0.25) is 0 Å². The third-order valence-corrected chi connectivity index (χ3v) is 1.96. The molecule has 0 saturated heterocycles. The third-order valence-electron chi connectivity index (χ3n) is 1.31. The van der Waals surface area contributed by atoms with E-state index in [1.54, 1.807) is 0 Å². The van der Waals surface area contributed by atoms with E-state index in [2.05, 4.69) is 20.7 Å². The highest BCUT2D eigenvalue weighted by Crippen LogP contribution is 2.19. The average molecular weight is 255 g/mol. The Balaban J connectivity index is 2.88. The van der Waals surface area contributed by atoms with Crippen molar-refractivity contribution in [3.8, 4) is 5.75 Å². The van der Waals surface area contributed by atoms with Crippen molar-refractivity contribution in [2.45, 2.75) is 11.9 Å². The largest absolute Gasteiger partial charge is 0.435 e. The summed E-state index contributed by atoms with van der Waals surface area (Å²) < 4.78 is 40.2. The SMILES string of the molecule is Fc1cc(CBr)cc(OC(F)F)c1. The summed E-state index contributed by atoms with van der Waals surface area (Å²) in [5.41, 5.74) is 0.552. The van der Waals surface area contributed by atoms with Crippen LogP contribution in [0.3, 0.4) is 0 Å². The number of halogens is 4. The van der Waals surface area contributed by atoms with Gasteiger partial charge >= 0.3 is 6.61 Å². The molecule has 13 heavy (non-hydrogen) atoms. The molecule has 1 aromatic rings. The van der Waals surface area contributed by atoms with Crippen LogP contribution in [0.1, 0.15) is 5.56 Å². The lowest BCUT2D eigenvalue weighted by atomic mass is 10.2. The van der Waals surface area contributed by atoms with E-state index >= 15 is 0 Å². The summed E-state index contributed by atoms with van der Waals surface area (Å²) in [5, 5.41) is 0.393. The Morgan fingerprint density at radius 2 is 2.00 bits per heavy atom. The molecule has 0 fully saturated rings. The molecule has 0 heterocycles. The lowest BCUT2D eigenvalue weighted by molar-refractivity contribution is -0.0500. The Labute approximate surface area is 81.6 Å². The van der Waals surface area contributed by atoms with Gasteiger partial charge in [-0.1, -0.05) is 15.9 Å². The van der Waals surface area contributed by atoms with Crippen LogP contribution in [0.5, 0.6) is 5.75 Å². The highest BCUT2D eigenvalue weighted by molar-refractivity contribution is 9.08. The van der Waals surface area contributed by atoms with Gasteiger partial charge in [-0.2, -0.15) is 8.78 Å². The minimum absolute atomic E-state index is 0.163. The zero-order valence-corrected chi connectivity index (χ0v) is 8.02. The molecular weight excluding hydrogens is 249 g/mol. The first-order chi connectivity index (χ1) is 6.11. The first-order valence-electron chi connectivity index (χ1n) is 3.42. The number of benzene rings is 1. The molecule has 1 nitrogen and oxygen atoms in total. The standard InChI is InChI=1S/C8H6BrF3O/c9-4-5-1-6(10)3-7(2-5)13-8(11)12/h1-3,8H,4H2. The fourth-order valence-corrected chi connectivity index (χ4v) is 1.19. The normalized spacial score (nSPS) is 10.5. The van der Waals surface area contributed by atoms with E-state index in [1.807, 2.05) is 0 Å². The van der Waals surface area contributed by atoms with Crippen LogP contribution >= 0.6 is 15.9 Å². The fourth-order valence-electron chi connectivity index (χ4n) is 0.869. The maximum Gasteiger partial charge on any atom is 0.387 e. The predicted octanol–water partition coefficient (Wildman–Crippen LogP) is 3.32. The van der Waals surface area contributed by atoms with Crippen molar-refractivity contribution >= 4 is 15.9 Å².